The third-order valence-electron chi connectivity index (χ3n) is 3.34. The number of likely N-dealkylation sites (tertiary alicyclic amines) is 1. The third-order valence-corrected chi connectivity index (χ3v) is 3.68. The molecule has 2 N–H and O–H groups in total. The first-order chi connectivity index (χ1) is 8.16. The Morgan fingerprint density at radius 2 is 2.00 bits per heavy atom. The highest BCUT2D eigenvalue weighted by Gasteiger charge is 2.21. The average molecular weight is 252 g/mol. The largest absolute Gasteiger partial charge is 0.393 e. The van der Waals surface area contributed by atoms with Gasteiger partial charge in [0.25, 0.3) is 0 Å². The highest BCUT2D eigenvalue weighted by Crippen LogP contribution is 2.20. The summed E-state index contributed by atoms with van der Waals surface area (Å²) < 4.78 is 13.5. The van der Waals surface area contributed by atoms with Crippen LogP contribution in [-0.4, -0.2) is 23.0 Å². The first-order valence-electron chi connectivity index (χ1n) is 5.92. The van der Waals surface area contributed by atoms with Gasteiger partial charge in [-0.2, -0.15) is 0 Å². The van der Waals surface area contributed by atoms with Gasteiger partial charge in [0.2, 0.25) is 0 Å². The van der Waals surface area contributed by atoms with E-state index >= 15 is 0 Å². The molecule has 0 bridgehead atoms. The summed E-state index contributed by atoms with van der Waals surface area (Å²) in [6.07, 6.45) is 1.98. The zero-order valence-corrected chi connectivity index (χ0v) is 10.5. The second kappa shape index (κ2) is 5.56. The lowest BCUT2D eigenvalue weighted by Gasteiger charge is -2.31. The summed E-state index contributed by atoms with van der Waals surface area (Å²) >= 11 is 5.00. The predicted octanol–water partition coefficient (Wildman–Crippen LogP) is 2.32. The van der Waals surface area contributed by atoms with Gasteiger partial charge in [-0.05, 0) is 32.0 Å². The summed E-state index contributed by atoms with van der Waals surface area (Å²) in [5.74, 6) is 0.242. The molecule has 0 saturated carbocycles. The molecule has 4 heteroatoms. The molecule has 1 aromatic rings. The third kappa shape index (κ3) is 3.23. The fraction of sp³-hybridized carbons (Fsp3) is 0.462. The first kappa shape index (κ1) is 12.5. The molecule has 2 nitrogen and oxygen atoms in total. The highest BCUT2D eigenvalue weighted by atomic mass is 32.1. The van der Waals surface area contributed by atoms with Crippen LogP contribution in [0.3, 0.4) is 0 Å². The zero-order chi connectivity index (χ0) is 12.3. The molecule has 0 aromatic heterocycles. The zero-order valence-electron chi connectivity index (χ0n) is 9.73. The van der Waals surface area contributed by atoms with Gasteiger partial charge in [0.15, 0.2) is 0 Å². The summed E-state index contributed by atoms with van der Waals surface area (Å²) in [5.41, 5.74) is 6.41. The topological polar surface area (TPSA) is 29.3 Å². The van der Waals surface area contributed by atoms with Gasteiger partial charge >= 0.3 is 0 Å². The van der Waals surface area contributed by atoms with Crippen molar-refractivity contribution in [3.63, 3.8) is 0 Å². The number of thiocarbonyl (C=S) groups is 1. The molecule has 0 radical (unpaired) electrons. The van der Waals surface area contributed by atoms with Crippen LogP contribution in [-0.2, 0) is 6.54 Å². The monoisotopic (exact) mass is 252 g/mol. The molecule has 0 amide bonds. The number of rotatable bonds is 3. The van der Waals surface area contributed by atoms with E-state index in [1.807, 2.05) is 12.1 Å². The number of nitrogens with zero attached hydrogens (tertiary/aromatic N) is 1. The van der Waals surface area contributed by atoms with Crippen LogP contribution in [0.15, 0.2) is 24.3 Å². The number of halogens is 1. The SMILES string of the molecule is NC(=S)C1CCN(Cc2ccccc2F)CC1. The summed E-state index contributed by atoms with van der Waals surface area (Å²) in [4.78, 5) is 2.88. The van der Waals surface area contributed by atoms with Crippen LogP contribution >= 0.6 is 12.2 Å². The summed E-state index contributed by atoms with van der Waals surface area (Å²) in [7, 11) is 0. The van der Waals surface area contributed by atoms with Crippen molar-refractivity contribution >= 4 is 17.2 Å². The molecule has 1 heterocycles. The number of hydrogen-bond acceptors (Lipinski definition) is 2. The Hall–Kier alpha value is -1.00. The Morgan fingerprint density at radius 1 is 1.35 bits per heavy atom. The van der Waals surface area contributed by atoms with E-state index < -0.39 is 0 Å². The number of piperidine rings is 1. The smallest absolute Gasteiger partial charge is 0.127 e. The van der Waals surface area contributed by atoms with Gasteiger partial charge in [-0.1, -0.05) is 30.4 Å². The van der Waals surface area contributed by atoms with Gasteiger partial charge in [-0.15, -0.1) is 0 Å². The van der Waals surface area contributed by atoms with E-state index in [1.54, 1.807) is 6.07 Å². The van der Waals surface area contributed by atoms with Crippen LogP contribution in [0.5, 0.6) is 0 Å². The molecule has 17 heavy (non-hydrogen) atoms. The summed E-state index contributed by atoms with van der Waals surface area (Å²) in [6.45, 7) is 2.56. The maximum Gasteiger partial charge on any atom is 0.127 e. The molecule has 1 fully saturated rings. The number of hydrogen-bond donors (Lipinski definition) is 1. The van der Waals surface area contributed by atoms with E-state index in [-0.39, 0.29) is 5.82 Å². The lowest BCUT2D eigenvalue weighted by molar-refractivity contribution is 0.200. The molecule has 2 rings (SSSR count). The van der Waals surface area contributed by atoms with Crippen molar-refractivity contribution in [3.05, 3.63) is 35.6 Å². The maximum atomic E-state index is 13.5. The second-order valence-electron chi connectivity index (χ2n) is 4.54. The molecular formula is C13H17FN2S. The molecule has 1 saturated heterocycles. The van der Waals surface area contributed by atoms with Crippen LogP contribution in [0.1, 0.15) is 18.4 Å². The van der Waals surface area contributed by atoms with Crippen molar-refractivity contribution in [3.8, 4) is 0 Å². The van der Waals surface area contributed by atoms with Crippen LogP contribution in [0.25, 0.3) is 0 Å². The number of benzene rings is 1. The molecule has 1 aliphatic rings. The molecule has 92 valence electrons. The second-order valence-corrected chi connectivity index (χ2v) is 5.02. The van der Waals surface area contributed by atoms with E-state index in [1.165, 1.54) is 6.07 Å². The molecule has 1 aromatic carbocycles. The van der Waals surface area contributed by atoms with E-state index in [2.05, 4.69) is 4.90 Å². The van der Waals surface area contributed by atoms with Crippen molar-refractivity contribution in [1.82, 2.24) is 4.90 Å². The van der Waals surface area contributed by atoms with Gasteiger partial charge in [0, 0.05) is 18.0 Å². The Labute approximate surface area is 107 Å². The summed E-state index contributed by atoms with van der Waals surface area (Å²) in [5, 5.41) is 0. The minimum absolute atomic E-state index is 0.121. The predicted molar refractivity (Wildman–Crippen MR) is 71.2 cm³/mol. The molecule has 0 aliphatic carbocycles. The number of nitrogens with two attached hydrogens (primary N) is 1. The standard InChI is InChI=1S/C13H17FN2S/c14-12-4-2-1-3-11(12)9-16-7-5-10(6-8-16)13(15)17/h1-4,10H,5-9H2,(H2,15,17). The molecule has 0 spiro atoms. The fourth-order valence-electron chi connectivity index (χ4n) is 2.24. The fourth-order valence-corrected chi connectivity index (χ4v) is 2.48. The van der Waals surface area contributed by atoms with E-state index in [0.717, 1.165) is 31.5 Å². The maximum absolute atomic E-state index is 13.5. The van der Waals surface area contributed by atoms with Gasteiger partial charge in [0.1, 0.15) is 5.82 Å². The van der Waals surface area contributed by atoms with Gasteiger partial charge in [-0.3, -0.25) is 4.90 Å². The van der Waals surface area contributed by atoms with Crippen molar-refractivity contribution < 1.29 is 4.39 Å². The quantitative estimate of drug-likeness (QED) is 0.837. The van der Waals surface area contributed by atoms with Crippen molar-refractivity contribution in [2.45, 2.75) is 19.4 Å². The Bertz CT molecular complexity index is 400. The Morgan fingerprint density at radius 3 is 2.59 bits per heavy atom. The molecular weight excluding hydrogens is 235 g/mol. The normalized spacial score (nSPS) is 18.2. The van der Waals surface area contributed by atoms with Crippen LogP contribution in [0, 0.1) is 11.7 Å². The van der Waals surface area contributed by atoms with E-state index in [9.17, 15) is 4.39 Å². The molecule has 0 atom stereocenters. The first-order valence-corrected chi connectivity index (χ1v) is 6.32. The van der Waals surface area contributed by atoms with Crippen LogP contribution in [0.4, 0.5) is 4.39 Å². The van der Waals surface area contributed by atoms with E-state index in [4.69, 9.17) is 18.0 Å². The lowest BCUT2D eigenvalue weighted by Crippen LogP contribution is -2.37. The minimum atomic E-state index is -0.121. The molecule has 1 aliphatic heterocycles. The van der Waals surface area contributed by atoms with Crippen LogP contribution in [0.2, 0.25) is 0 Å². The minimum Gasteiger partial charge on any atom is -0.393 e. The Kier molecular flexibility index (Phi) is 4.07. The van der Waals surface area contributed by atoms with Crippen molar-refractivity contribution in [2.75, 3.05) is 13.1 Å². The highest BCUT2D eigenvalue weighted by molar-refractivity contribution is 7.80. The van der Waals surface area contributed by atoms with Crippen LogP contribution < -0.4 is 5.73 Å². The summed E-state index contributed by atoms with van der Waals surface area (Å²) in [6, 6.07) is 6.95. The average Bonchev–Trinajstić information content (AvgIpc) is 2.33. The van der Waals surface area contributed by atoms with Gasteiger partial charge in [-0.25, -0.2) is 4.39 Å². The van der Waals surface area contributed by atoms with Crippen molar-refractivity contribution in [2.24, 2.45) is 11.7 Å². The molecule has 0 unspecified atom stereocenters. The van der Waals surface area contributed by atoms with E-state index in [0.29, 0.717) is 17.5 Å². The Balaban J connectivity index is 1.90. The van der Waals surface area contributed by atoms with Gasteiger partial charge < -0.3 is 5.73 Å². The van der Waals surface area contributed by atoms with Gasteiger partial charge in [0.05, 0.1) is 4.99 Å². The lowest BCUT2D eigenvalue weighted by atomic mass is 9.96. The van der Waals surface area contributed by atoms with Crippen molar-refractivity contribution in [1.29, 1.82) is 0 Å².